The van der Waals surface area contributed by atoms with E-state index in [2.05, 4.69) is 29.2 Å². The van der Waals surface area contributed by atoms with E-state index in [4.69, 9.17) is 0 Å². The van der Waals surface area contributed by atoms with Gasteiger partial charge in [-0.25, -0.2) is 13.9 Å². The van der Waals surface area contributed by atoms with Gasteiger partial charge in [-0.15, -0.1) is 0 Å². The zero-order valence-electron chi connectivity index (χ0n) is 15.6. The molecule has 2 aromatic heterocycles. The average Bonchev–Trinajstić information content (AvgIpc) is 3.11. The lowest BCUT2D eigenvalue weighted by molar-refractivity contribution is -0.0164. The molecule has 1 aliphatic rings. The zero-order valence-corrected chi connectivity index (χ0v) is 15.6. The van der Waals surface area contributed by atoms with Gasteiger partial charge in [0.25, 0.3) is 0 Å². The van der Waals surface area contributed by atoms with Crippen molar-refractivity contribution in [2.45, 2.75) is 32.5 Å². The summed E-state index contributed by atoms with van der Waals surface area (Å²) in [5, 5.41) is 18.8. The Kier molecular flexibility index (Phi) is 4.90. The molecule has 0 radical (unpaired) electrons. The second-order valence-corrected chi connectivity index (χ2v) is 7.07. The number of benzene rings is 1. The van der Waals surface area contributed by atoms with Crippen LogP contribution in [0.4, 0.5) is 4.39 Å². The van der Waals surface area contributed by atoms with Crippen molar-refractivity contribution in [3.8, 4) is 11.3 Å². The number of fused-ring (bicyclic) bond motifs is 1. The Hall–Kier alpha value is -2.35. The molecule has 0 amide bonds. The summed E-state index contributed by atoms with van der Waals surface area (Å²) in [6.07, 6.45) is 1.83. The van der Waals surface area contributed by atoms with Gasteiger partial charge in [0.05, 0.1) is 11.9 Å². The minimum atomic E-state index is -0.754. The lowest BCUT2D eigenvalue weighted by Gasteiger charge is -2.34. The fraction of sp³-hybridized carbons (Fsp3) is 0.400. The molecule has 1 aliphatic heterocycles. The molecule has 1 aromatic carbocycles. The van der Waals surface area contributed by atoms with Gasteiger partial charge in [0, 0.05) is 31.2 Å². The van der Waals surface area contributed by atoms with Crippen molar-refractivity contribution in [2.75, 3.05) is 19.6 Å². The predicted octanol–water partition coefficient (Wildman–Crippen LogP) is 2.38. The third kappa shape index (κ3) is 3.58. The van der Waals surface area contributed by atoms with Crippen molar-refractivity contribution in [2.24, 2.45) is 0 Å². The van der Waals surface area contributed by atoms with Crippen molar-refractivity contribution >= 4 is 5.65 Å². The van der Waals surface area contributed by atoms with E-state index in [-0.39, 0.29) is 5.82 Å². The number of hydrogen-bond donors (Lipinski definition) is 2. The predicted molar refractivity (Wildman–Crippen MR) is 102 cm³/mol. The number of hydrogen-bond acceptors (Lipinski definition) is 5. The molecular formula is C20H24FN5O. The highest BCUT2D eigenvalue weighted by Gasteiger charge is 2.25. The summed E-state index contributed by atoms with van der Waals surface area (Å²) in [4.78, 5) is 6.68. The number of nitrogens with one attached hydrogen (secondary N) is 1. The van der Waals surface area contributed by atoms with Crippen LogP contribution in [0.5, 0.6) is 0 Å². The lowest BCUT2D eigenvalue weighted by atomic mass is 10.1. The molecule has 27 heavy (non-hydrogen) atoms. The first-order valence-electron chi connectivity index (χ1n) is 9.36. The van der Waals surface area contributed by atoms with E-state index in [1.807, 2.05) is 11.0 Å². The Morgan fingerprint density at radius 2 is 2.11 bits per heavy atom. The quantitative estimate of drug-likeness (QED) is 0.739. The van der Waals surface area contributed by atoms with E-state index in [1.165, 1.54) is 12.1 Å². The smallest absolute Gasteiger partial charge is 0.157 e. The number of aliphatic hydroxyl groups excluding tert-OH is 1. The normalized spacial score (nSPS) is 19.5. The van der Waals surface area contributed by atoms with Crippen LogP contribution in [0.15, 0.2) is 36.5 Å². The number of halogens is 1. The maximum Gasteiger partial charge on any atom is 0.157 e. The van der Waals surface area contributed by atoms with E-state index >= 15 is 0 Å². The van der Waals surface area contributed by atoms with E-state index in [0.29, 0.717) is 11.7 Å². The molecular weight excluding hydrogens is 345 g/mol. The van der Waals surface area contributed by atoms with Crippen LogP contribution in [-0.4, -0.2) is 50.3 Å². The summed E-state index contributed by atoms with van der Waals surface area (Å²) in [5.41, 5.74) is 3.99. The SMILES string of the molecule is CCc1cc(-c2ccc(F)cc2)nn2cc(C(O)N3CCN[C@@H](C)C3)nc12. The van der Waals surface area contributed by atoms with Crippen molar-refractivity contribution in [1.82, 2.24) is 24.8 Å². The fourth-order valence-corrected chi connectivity index (χ4v) is 3.58. The third-order valence-electron chi connectivity index (χ3n) is 5.05. The zero-order chi connectivity index (χ0) is 19.0. The van der Waals surface area contributed by atoms with Crippen LogP contribution in [0.1, 0.15) is 31.3 Å². The molecule has 0 bridgehead atoms. The highest BCUT2D eigenvalue weighted by atomic mass is 19.1. The second-order valence-electron chi connectivity index (χ2n) is 7.07. The van der Waals surface area contributed by atoms with E-state index in [1.54, 1.807) is 22.8 Å². The van der Waals surface area contributed by atoms with Crippen molar-refractivity contribution < 1.29 is 9.50 Å². The molecule has 142 valence electrons. The lowest BCUT2D eigenvalue weighted by Crippen LogP contribution is -2.50. The highest BCUT2D eigenvalue weighted by Crippen LogP contribution is 2.24. The van der Waals surface area contributed by atoms with Gasteiger partial charge >= 0.3 is 0 Å². The van der Waals surface area contributed by atoms with Crippen LogP contribution in [0.3, 0.4) is 0 Å². The van der Waals surface area contributed by atoms with E-state index < -0.39 is 6.23 Å². The Bertz CT molecular complexity index is 939. The summed E-state index contributed by atoms with van der Waals surface area (Å²) in [6.45, 7) is 6.55. The van der Waals surface area contributed by atoms with Gasteiger partial charge in [0.1, 0.15) is 11.5 Å². The summed E-state index contributed by atoms with van der Waals surface area (Å²) < 4.78 is 14.9. The summed E-state index contributed by atoms with van der Waals surface area (Å²) in [5.74, 6) is -0.270. The summed E-state index contributed by atoms with van der Waals surface area (Å²) in [6, 6.07) is 8.62. The molecule has 0 aliphatic carbocycles. The number of piperazine rings is 1. The van der Waals surface area contributed by atoms with Crippen LogP contribution in [0.25, 0.3) is 16.9 Å². The van der Waals surface area contributed by atoms with Gasteiger partial charge in [0.15, 0.2) is 11.9 Å². The number of rotatable bonds is 4. The number of aliphatic hydroxyl groups is 1. The molecule has 3 aromatic rings. The Labute approximate surface area is 157 Å². The van der Waals surface area contributed by atoms with E-state index in [9.17, 15) is 9.50 Å². The first-order valence-corrected chi connectivity index (χ1v) is 9.36. The maximum atomic E-state index is 13.2. The minimum absolute atomic E-state index is 0.270. The Morgan fingerprint density at radius 3 is 2.81 bits per heavy atom. The topological polar surface area (TPSA) is 65.7 Å². The van der Waals surface area contributed by atoms with Gasteiger partial charge in [-0.1, -0.05) is 6.92 Å². The van der Waals surface area contributed by atoms with Gasteiger partial charge < -0.3 is 10.4 Å². The standard InChI is InChI=1S/C20H24FN5O/c1-3-14-10-17(15-4-6-16(21)7-5-15)24-26-12-18(23-19(14)26)20(27)25-9-8-22-13(2)11-25/h4-7,10,12-13,20,22,27H,3,8-9,11H2,1-2H3/t13-,20?/m0/s1. The number of aromatic nitrogens is 3. The molecule has 6 nitrogen and oxygen atoms in total. The van der Waals surface area contributed by atoms with Crippen LogP contribution in [-0.2, 0) is 6.42 Å². The minimum Gasteiger partial charge on any atom is -0.372 e. The molecule has 1 unspecified atom stereocenters. The fourth-order valence-electron chi connectivity index (χ4n) is 3.58. The molecule has 2 atom stereocenters. The Balaban J connectivity index is 1.71. The van der Waals surface area contributed by atoms with Crippen LogP contribution in [0, 0.1) is 5.82 Å². The van der Waals surface area contributed by atoms with Crippen LogP contribution in [0.2, 0.25) is 0 Å². The molecule has 4 rings (SSSR count). The second kappa shape index (κ2) is 7.34. The first-order chi connectivity index (χ1) is 13.0. The van der Waals surface area contributed by atoms with Gasteiger partial charge in [-0.05, 0) is 49.2 Å². The van der Waals surface area contributed by atoms with Crippen molar-refractivity contribution in [1.29, 1.82) is 0 Å². The molecule has 1 fully saturated rings. The monoisotopic (exact) mass is 369 g/mol. The Morgan fingerprint density at radius 1 is 1.33 bits per heavy atom. The van der Waals surface area contributed by atoms with Gasteiger partial charge in [-0.3, -0.25) is 4.90 Å². The molecule has 1 saturated heterocycles. The van der Waals surface area contributed by atoms with Crippen LogP contribution < -0.4 is 5.32 Å². The number of nitrogens with zero attached hydrogens (tertiary/aromatic N) is 4. The van der Waals surface area contributed by atoms with Crippen molar-refractivity contribution in [3.63, 3.8) is 0 Å². The maximum absolute atomic E-state index is 13.2. The summed E-state index contributed by atoms with van der Waals surface area (Å²) in [7, 11) is 0. The number of aryl methyl sites for hydroxylation is 1. The molecule has 3 heterocycles. The highest BCUT2D eigenvalue weighted by molar-refractivity contribution is 5.63. The molecule has 0 saturated carbocycles. The molecule has 2 N–H and O–H groups in total. The van der Waals surface area contributed by atoms with Gasteiger partial charge in [0.2, 0.25) is 0 Å². The first kappa shape index (κ1) is 18.0. The third-order valence-corrected chi connectivity index (χ3v) is 5.05. The van der Waals surface area contributed by atoms with Crippen LogP contribution >= 0.6 is 0 Å². The molecule has 7 heteroatoms. The number of imidazole rings is 1. The van der Waals surface area contributed by atoms with Crippen molar-refractivity contribution in [3.05, 3.63) is 53.6 Å². The summed E-state index contributed by atoms with van der Waals surface area (Å²) >= 11 is 0. The van der Waals surface area contributed by atoms with Gasteiger partial charge in [-0.2, -0.15) is 5.10 Å². The van der Waals surface area contributed by atoms with E-state index in [0.717, 1.165) is 48.5 Å². The largest absolute Gasteiger partial charge is 0.372 e. The molecule has 0 spiro atoms. The average molecular weight is 369 g/mol.